The van der Waals surface area contributed by atoms with Crippen LogP contribution in [0.25, 0.3) is 5.69 Å². The van der Waals surface area contributed by atoms with Crippen LogP contribution in [0.3, 0.4) is 0 Å². The summed E-state index contributed by atoms with van der Waals surface area (Å²) < 4.78 is 6.77. The average molecular weight is 289 g/mol. The van der Waals surface area contributed by atoms with Crippen molar-refractivity contribution < 1.29 is 14.6 Å². The van der Waals surface area contributed by atoms with Crippen LogP contribution in [0, 0.1) is 0 Å². The molecular weight excluding hydrogens is 270 g/mol. The first-order chi connectivity index (χ1) is 10.2. The first-order valence-electron chi connectivity index (χ1n) is 7.03. The standard InChI is InChI=1S/C15H19N3O3/c1-3-8-21-15(20)11-6-5-7-12(9-11)18-14(4-2)13(10-19)16-17-18/h5-7,9,19H,3-4,8,10H2,1-2H3. The van der Waals surface area contributed by atoms with Gasteiger partial charge in [-0.05, 0) is 31.0 Å². The van der Waals surface area contributed by atoms with Gasteiger partial charge in [-0.25, -0.2) is 9.48 Å². The summed E-state index contributed by atoms with van der Waals surface area (Å²) in [6.07, 6.45) is 1.47. The van der Waals surface area contributed by atoms with Crippen LogP contribution in [0.1, 0.15) is 42.0 Å². The smallest absolute Gasteiger partial charge is 0.338 e. The highest BCUT2D eigenvalue weighted by Crippen LogP contribution is 2.16. The summed E-state index contributed by atoms with van der Waals surface area (Å²) in [6.45, 7) is 4.17. The Morgan fingerprint density at radius 1 is 1.38 bits per heavy atom. The van der Waals surface area contributed by atoms with Crippen LogP contribution in [0.15, 0.2) is 24.3 Å². The zero-order chi connectivity index (χ0) is 15.2. The molecule has 0 atom stereocenters. The normalized spacial score (nSPS) is 10.6. The van der Waals surface area contributed by atoms with Crippen molar-refractivity contribution in [2.45, 2.75) is 33.3 Å². The van der Waals surface area contributed by atoms with Crippen molar-refractivity contribution in [3.8, 4) is 5.69 Å². The van der Waals surface area contributed by atoms with Crippen LogP contribution in [-0.2, 0) is 17.8 Å². The van der Waals surface area contributed by atoms with Gasteiger partial charge in [0.15, 0.2) is 0 Å². The minimum absolute atomic E-state index is 0.151. The van der Waals surface area contributed by atoms with Crippen molar-refractivity contribution >= 4 is 5.97 Å². The van der Waals surface area contributed by atoms with Crippen LogP contribution in [-0.4, -0.2) is 32.7 Å². The van der Waals surface area contributed by atoms with Gasteiger partial charge in [0.05, 0.1) is 30.2 Å². The predicted octanol–water partition coefficient (Wildman–Crippen LogP) is 1.89. The van der Waals surface area contributed by atoms with Crippen molar-refractivity contribution in [2.75, 3.05) is 6.61 Å². The molecule has 112 valence electrons. The summed E-state index contributed by atoms with van der Waals surface area (Å²) in [6, 6.07) is 7.03. The number of carbonyl (C=O) groups excluding carboxylic acids is 1. The highest BCUT2D eigenvalue weighted by Gasteiger charge is 2.14. The second-order valence-electron chi connectivity index (χ2n) is 4.59. The molecule has 0 aliphatic rings. The van der Waals surface area contributed by atoms with Gasteiger partial charge < -0.3 is 9.84 Å². The molecule has 0 unspecified atom stereocenters. The third-order valence-electron chi connectivity index (χ3n) is 3.09. The van der Waals surface area contributed by atoms with Crippen molar-refractivity contribution in [2.24, 2.45) is 0 Å². The number of hydrogen-bond donors (Lipinski definition) is 1. The molecule has 1 aromatic heterocycles. The summed E-state index contributed by atoms with van der Waals surface area (Å²) in [4.78, 5) is 11.9. The minimum atomic E-state index is -0.348. The van der Waals surface area contributed by atoms with E-state index in [-0.39, 0.29) is 12.6 Å². The Balaban J connectivity index is 2.33. The van der Waals surface area contributed by atoms with Crippen molar-refractivity contribution in [3.63, 3.8) is 0 Å². The second-order valence-corrected chi connectivity index (χ2v) is 4.59. The number of carbonyl (C=O) groups is 1. The molecule has 6 heteroatoms. The third-order valence-corrected chi connectivity index (χ3v) is 3.09. The molecule has 1 heterocycles. The molecule has 0 aliphatic carbocycles. The van der Waals surface area contributed by atoms with E-state index in [1.54, 1.807) is 22.9 Å². The maximum Gasteiger partial charge on any atom is 0.338 e. The lowest BCUT2D eigenvalue weighted by molar-refractivity contribution is 0.0505. The predicted molar refractivity (Wildman–Crippen MR) is 77.2 cm³/mol. The number of ether oxygens (including phenoxy) is 1. The van der Waals surface area contributed by atoms with E-state index >= 15 is 0 Å². The van der Waals surface area contributed by atoms with Gasteiger partial charge in [0.25, 0.3) is 0 Å². The quantitative estimate of drug-likeness (QED) is 0.822. The molecule has 1 N–H and O–H groups in total. The molecular formula is C15H19N3O3. The fraction of sp³-hybridized carbons (Fsp3) is 0.400. The highest BCUT2D eigenvalue weighted by molar-refractivity contribution is 5.90. The molecule has 0 spiro atoms. The Bertz CT molecular complexity index is 622. The van der Waals surface area contributed by atoms with E-state index in [1.807, 2.05) is 19.9 Å². The summed E-state index contributed by atoms with van der Waals surface area (Å²) in [5.41, 5.74) is 2.59. The van der Waals surface area contributed by atoms with Gasteiger partial charge in [0.1, 0.15) is 5.69 Å². The van der Waals surface area contributed by atoms with E-state index in [9.17, 15) is 9.90 Å². The molecule has 0 saturated heterocycles. The maximum atomic E-state index is 11.9. The molecule has 2 aromatic rings. The van der Waals surface area contributed by atoms with E-state index in [4.69, 9.17) is 4.74 Å². The van der Waals surface area contributed by atoms with Crippen LogP contribution >= 0.6 is 0 Å². The number of esters is 1. The van der Waals surface area contributed by atoms with Gasteiger partial charge in [-0.2, -0.15) is 0 Å². The lowest BCUT2D eigenvalue weighted by Crippen LogP contribution is -2.08. The van der Waals surface area contributed by atoms with E-state index in [2.05, 4.69) is 10.3 Å². The molecule has 0 aliphatic heterocycles. The number of rotatable bonds is 6. The van der Waals surface area contributed by atoms with Gasteiger partial charge in [0.2, 0.25) is 0 Å². The minimum Gasteiger partial charge on any atom is -0.462 e. The number of hydrogen-bond acceptors (Lipinski definition) is 5. The Morgan fingerprint density at radius 2 is 2.19 bits per heavy atom. The molecule has 0 radical (unpaired) electrons. The first kappa shape index (κ1) is 15.2. The van der Waals surface area contributed by atoms with Gasteiger partial charge in [-0.1, -0.05) is 25.1 Å². The molecule has 0 bridgehead atoms. The Hall–Kier alpha value is -2.21. The fourth-order valence-electron chi connectivity index (χ4n) is 2.06. The molecule has 0 amide bonds. The van der Waals surface area contributed by atoms with E-state index < -0.39 is 0 Å². The summed E-state index contributed by atoms with van der Waals surface area (Å²) in [5, 5.41) is 17.3. The van der Waals surface area contributed by atoms with E-state index in [0.717, 1.165) is 17.8 Å². The van der Waals surface area contributed by atoms with Gasteiger partial charge in [-0.3, -0.25) is 0 Å². The molecule has 1 aromatic carbocycles. The van der Waals surface area contributed by atoms with Crippen molar-refractivity contribution in [1.82, 2.24) is 15.0 Å². The zero-order valence-electron chi connectivity index (χ0n) is 12.2. The first-order valence-corrected chi connectivity index (χ1v) is 7.03. The monoisotopic (exact) mass is 289 g/mol. The number of aliphatic hydroxyl groups excluding tert-OH is 1. The Labute approximate surface area is 123 Å². The molecule has 6 nitrogen and oxygen atoms in total. The molecule has 0 saturated carbocycles. The summed E-state index contributed by atoms with van der Waals surface area (Å²) in [7, 11) is 0. The topological polar surface area (TPSA) is 77.2 Å². The van der Waals surface area contributed by atoms with Gasteiger partial charge >= 0.3 is 5.97 Å². The highest BCUT2D eigenvalue weighted by atomic mass is 16.5. The lowest BCUT2D eigenvalue weighted by Gasteiger charge is -2.08. The van der Waals surface area contributed by atoms with E-state index in [1.165, 1.54) is 0 Å². The van der Waals surface area contributed by atoms with Crippen molar-refractivity contribution in [1.29, 1.82) is 0 Å². The fourth-order valence-corrected chi connectivity index (χ4v) is 2.06. The number of nitrogens with zero attached hydrogens (tertiary/aromatic N) is 3. The molecule has 0 fully saturated rings. The third kappa shape index (κ3) is 3.28. The average Bonchev–Trinajstić information content (AvgIpc) is 2.95. The Morgan fingerprint density at radius 3 is 2.86 bits per heavy atom. The van der Waals surface area contributed by atoms with Crippen LogP contribution in [0.2, 0.25) is 0 Å². The summed E-state index contributed by atoms with van der Waals surface area (Å²) >= 11 is 0. The van der Waals surface area contributed by atoms with E-state index in [0.29, 0.717) is 24.3 Å². The maximum absolute atomic E-state index is 11.9. The largest absolute Gasteiger partial charge is 0.462 e. The van der Waals surface area contributed by atoms with Gasteiger partial charge in [0, 0.05) is 0 Å². The Kier molecular flexibility index (Phi) is 5.05. The molecule has 2 rings (SSSR count). The van der Waals surface area contributed by atoms with Crippen molar-refractivity contribution in [3.05, 3.63) is 41.2 Å². The number of aliphatic hydroxyl groups is 1. The number of benzene rings is 1. The summed E-state index contributed by atoms with van der Waals surface area (Å²) in [5.74, 6) is -0.348. The SMILES string of the molecule is CCCOC(=O)c1cccc(-n2nnc(CO)c2CC)c1. The zero-order valence-corrected chi connectivity index (χ0v) is 12.2. The number of aromatic nitrogens is 3. The second kappa shape index (κ2) is 6.99. The van der Waals surface area contributed by atoms with Crippen LogP contribution in [0.5, 0.6) is 0 Å². The van der Waals surface area contributed by atoms with Crippen LogP contribution < -0.4 is 0 Å². The van der Waals surface area contributed by atoms with Gasteiger partial charge in [-0.15, -0.1) is 5.10 Å². The molecule has 21 heavy (non-hydrogen) atoms. The lowest BCUT2D eigenvalue weighted by atomic mass is 10.2. The van der Waals surface area contributed by atoms with Crippen LogP contribution in [0.4, 0.5) is 0 Å².